The van der Waals surface area contributed by atoms with E-state index < -0.39 is 0 Å². The first-order valence-corrected chi connectivity index (χ1v) is 16.3. The molecule has 0 aliphatic carbocycles. The van der Waals surface area contributed by atoms with Gasteiger partial charge in [0.05, 0.1) is 27.6 Å². The Hall–Kier alpha value is -6.46. The molecule has 48 heavy (non-hydrogen) atoms. The van der Waals surface area contributed by atoms with Gasteiger partial charge in [-0.2, -0.15) is 0 Å². The van der Waals surface area contributed by atoms with E-state index in [-0.39, 0.29) is 0 Å². The van der Waals surface area contributed by atoms with Crippen molar-refractivity contribution in [3.63, 3.8) is 0 Å². The minimum atomic E-state index is 0.902. The van der Waals surface area contributed by atoms with Crippen molar-refractivity contribution in [3.8, 4) is 34.0 Å². The highest BCUT2D eigenvalue weighted by Crippen LogP contribution is 2.40. The van der Waals surface area contributed by atoms with Gasteiger partial charge in [-0.3, -0.25) is 9.13 Å². The molecule has 0 saturated heterocycles. The van der Waals surface area contributed by atoms with E-state index in [0.29, 0.717) is 0 Å². The zero-order valence-electron chi connectivity index (χ0n) is 26.2. The standard InChI is InChI=1S/C43H29N5/c1-27-20-23-37-35(25-27)32-22-21-28(26-39(32)48(37)40-19-7-8-24-44-40)30-14-10-18-38-42(30)46-43(47(38)29-11-3-2-4-12-29)34-16-9-15-33-31-13-5-6-17-36(31)45-41(33)34/h2-26,45H,1H3. The highest BCUT2D eigenvalue weighted by atomic mass is 15.1. The summed E-state index contributed by atoms with van der Waals surface area (Å²) in [5.41, 5.74) is 12.1. The van der Waals surface area contributed by atoms with Crippen LogP contribution in [0, 0.1) is 6.92 Å². The lowest BCUT2D eigenvalue weighted by molar-refractivity contribution is 1.08. The molecule has 0 aliphatic rings. The van der Waals surface area contributed by atoms with E-state index in [0.717, 1.165) is 67.1 Å². The average molecular weight is 616 g/mol. The van der Waals surface area contributed by atoms with E-state index in [1.54, 1.807) is 0 Å². The third-order valence-corrected chi connectivity index (χ3v) is 9.59. The Kier molecular flexibility index (Phi) is 5.72. The Bertz CT molecular complexity index is 2840. The van der Waals surface area contributed by atoms with Gasteiger partial charge in [-0.15, -0.1) is 0 Å². The van der Waals surface area contributed by atoms with Gasteiger partial charge in [0.25, 0.3) is 0 Å². The molecule has 4 heterocycles. The molecule has 0 unspecified atom stereocenters. The van der Waals surface area contributed by atoms with Crippen LogP contribution in [0.5, 0.6) is 0 Å². The fourth-order valence-corrected chi connectivity index (χ4v) is 7.45. The van der Waals surface area contributed by atoms with Crippen LogP contribution in [-0.4, -0.2) is 24.1 Å². The minimum Gasteiger partial charge on any atom is -0.354 e. The Balaban J connectivity index is 1.26. The number of imidazole rings is 1. The van der Waals surface area contributed by atoms with E-state index in [1.165, 1.54) is 27.1 Å². The number of aromatic nitrogens is 5. The zero-order valence-corrected chi connectivity index (χ0v) is 26.2. The summed E-state index contributed by atoms with van der Waals surface area (Å²) in [6.45, 7) is 2.15. The number of aryl methyl sites for hydroxylation is 1. The summed E-state index contributed by atoms with van der Waals surface area (Å²) in [6, 6.07) is 51.6. The second kappa shape index (κ2) is 10.3. The first-order chi connectivity index (χ1) is 23.7. The Labute approximate surface area is 276 Å². The van der Waals surface area contributed by atoms with Crippen molar-refractivity contribution in [1.29, 1.82) is 0 Å². The van der Waals surface area contributed by atoms with E-state index in [1.807, 2.05) is 18.3 Å². The van der Waals surface area contributed by atoms with Crippen LogP contribution in [0.1, 0.15) is 5.56 Å². The van der Waals surface area contributed by atoms with Gasteiger partial charge < -0.3 is 4.98 Å². The molecule has 10 aromatic rings. The van der Waals surface area contributed by atoms with Crippen molar-refractivity contribution in [1.82, 2.24) is 24.1 Å². The molecule has 0 saturated carbocycles. The number of hydrogen-bond donors (Lipinski definition) is 1. The number of para-hydroxylation sites is 4. The van der Waals surface area contributed by atoms with Gasteiger partial charge >= 0.3 is 0 Å². The quantitative estimate of drug-likeness (QED) is 0.214. The highest BCUT2D eigenvalue weighted by Gasteiger charge is 2.21. The molecule has 226 valence electrons. The Morgan fingerprint density at radius 3 is 2.25 bits per heavy atom. The summed E-state index contributed by atoms with van der Waals surface area (Å²) in [4.78, 5) is 14.0. The number of nitrogens with one attached hydrogen (secondary N) is 1. The monoisotopic (exact) mass is 615 g/mol. The summed E-state index contributed by atoms with van der Waals surface area (Å²) in [5.74, 6) is 1.80. The molecule has 0 spiro atoms. The molecule has 6 aromatic carbocycles. The van der Waals surface area contributed by atoms with Crippen molar-refractivity contribution in [2.45, 2.75) is 6.92 Å². The summed E-state index contributed by atoms with van der Waals surface area (Å²) in [7, 11) is 0. The third kappa shape index (κ3) is 3.91. The average Bonchev–Trinajstić information content (AvgIpc) is 3.81. The maximum absolute atomic E-state index is 5.49. The summed E-state index contributed by atoms with van der Waals surface area (Å²) < 4.78 is 4.57. The SMILES string of the molecule is Cc1ccc2c(c1)c1ccc(-c3cccc4c3nc(-c3cccc5c3[nH]c3ccccc35)n4-c3ccccc3)cc1n2-c1ccccn1. The van der Waals surface area contributed by atoms with E-state index in [9.17, 15) is 0 Å². The fraction of sp³-hybridized carbons (Fsp3) is 0.0233. The lowest BCUT2D eigenvalue weighted by atomic mass is 10.0. The number of benzene rings is 6. The van der Waals surface area contributed by atoms with E-state index in [2.05, 4.69) is 155 Å². The molecule has 1 N–H and O–H groups in total. The van der Waals surface area contributed by atoms with Gasteiger partial charge in [-0.25, -0.2) is 9.97 Å². The van der Waals surface area contributed by atoms with Crippen LogP contribution < -0.4 is 0 Å². The van der Waals surface area contributed by atoms with Gasteiger partial charge in [-0.05, 0) is 73.2 Å². The van der Waals surface area contributed by atoms with Gasteiger partial charge in [0.2, 0.25) is 0 Å². The highest BCUT2D eigenvalue weighted by molar-refractivity contribution is 6.13. The number of rotatable bonds is 4. The molecule has 5 nitrogen and oxygen atoms in total. The number of hydrogen-bond acceptors (Lipinski definition) is 2. The summed E-state index contributed by atoms with van der Waals surface area (Å²) >= 11 is 0. The molecule has 0 radical (unpaired) electrons. The summed E-state index contributed by atoms with van der Waals surface area (Å²) in [5, 5.41) is 4.83. The first kappa shape index (κ1) is 26.7. The van der Waals surface area contributed by atoms with Crippen molar-refractivity contribution < 1.29 is 0 Å². The van der Waals surface area contributed by atoms with Crippen molar-refractivity contribution in [2.75, 3.05) is 0 Å². The predicted molar refractivity (Wildman–Crippen MR) is 198 cm³/mol. The normalized spacial score (nSPS) is 11.9. The molecular formula is C43H29N5. The maximum Gasteiger partial charge on any atom is 0.147 e. The Morgan fingerprint density at radius 2 is 1.35 bits per heavy atom. The van der Waals surface area contributed by atoms with Crippen LogP contribution in [-0.2, 0) is 0 Å². The second-order valence-electron chi connectivity index (χ2n) is 12.5. The van der Waals surface area contributed by atoms with E-state index >= 15 is 0 Å². The topological polar surface area (TPSA) is 51.4 Å². The first-order valence-electron chi connectivity index (χ1n) is 16.3. The minimum absolute atomic E-state index is 0.902. The van der Waals surface area contributed by atoms with Gasteiger partial charge in [0.1, 0.15) is 11.6 Å². The van der Waals surface area contributed by atoms with Crippen molar-refractivity contribution in [3.05, 3.63) is 157 Å². The molecular weight excluding hydrogens is 587 g/mol. The molecule has 0 aliphatic heterocycles. The lowest BCUT2D eigenvalue weighted by Gasteiger charge is -2.11. The van der Waals surface area contributed by atoms with Gasteiger partial charge in [0.15, 0.2) is 0 Å². The largest absolute Gasteiger partial charge is 0.354 e. The molecule has 0 bridgehead atoms. The van der Waals surface area contributed by atoms with Gasteiger partial charge in [0, 0.05) is 50.1 Å². The maximum atomic E-state index is 5.49. The molecule has 4 aromatic heterocycles. The summed E-state index contributed by atoms with van der Waals surface area (Å²) in [6.07, 6.45) is 1.86. The molecule has 0 amide bonds. The van der Waals surface area contributed by atoms with Crippen LogP contribution in [0.2, 0.25) is 0 Å². The Morgan fingerprint density at radius 1 is 0.542 bits per heavy atom. The van der Waals surface area contributed by atoms with Crippen LogP contribution in [0.15, 0.2) is 152 Å². The predicted octanol–water partition coefficient (Wildman–Crippen LogP) is 10.8. The number of pyridine rings is 1. The van der Waals surface area contributed by atoms with Crippen molar-refractivity contribution >= 4 is 54.6 Å². The lowest BCUT2D eigenvalue weighted by Crippen LogP contribution is -1.97. The molecule has 10 rings (SSSR count). The zero-order chi connectivity index (χ0) is 31.8. The molecule has 0 atom stereocenters. The van der Waals surface area contributed by atoms with Crippen LogP contribution in [0.25, 0.3) is 88.7 Å². The molecule has 0 fully saturated rings. The van der Waals surface area contributed by atoms with Crippen LogP contribution in [0.4, 0.5) is 0 Å². The van der Waals surface area contributed by atoms with E-state index in [4.69, 9.17) is 9.97 Å². The smallest absolute Gasteiger partial charge is 0.147 e. The van der Waals surface area contributed by atoms with Crippen LogP contribution >= 0.6 is 0 Å². The number of fused-ring (bicyclic) bond motifs is 7. The third-order valence-electron chi connectivity index (χ3n) is 9.59. The molecule has 5 heteroatoms. The number of H-pyrrole nitrogens is 1. The number of nitrogens with zero attached hydrogens (tertiary/aromatic N) is 4. The van der Waals surface area contributed by atoms with Crippen LogP contribution in [0.3, 0.4) is 0 Å². The fourth-order valence-electron chi connectivity index (χ4n) is 7.45. The number of aromatic amines is 1. The van der Waals surface area contributed by atoms with Gasteiger partial charge in [-0.1, -0.05) is 90.5 Å². The second-order valence-corrected chi connectivity index (χ2v) is 12.5. The van der Waals surface area contributed by atoms with Crippen molar-refractivity contribution in [2.24, 2.45) is 0 Å².